The fourth-order valence-corrected chi connectivity index (χ4v) is 4.34. The number of hydrogen-bond acceptors (Lipinski definition) is 5. The predicted octanol–water partition coefficient (Wildman–Crippen LogP) is 5.33. The smallest absolute Gasteiger partial charge is 0.338 e. The first-order chi connectivity index (χ1) is 16.1. The highest BCUT2D eigenvalue weighted by molar-refractivity contribution is 6.09. The summed E-state index contributed by atoms with van der Waals surface area (Å²) in [6.07, 6.45) is 0. The van der Waals surface area contributed by atoms with Crippen molar-refractivity contribution < 1.29 is 23.5 Å². The predicted molar refractivity (Wildman–Crippen MR) is 130 cm³/mol. The van der Waals surface area contributed by atoms with Crippen LogP contribution < -0.4 is 15.0 Å². The number of hydrogen-bond donors (Lipinski definition) is 1. The molecule has 0 bridgehead atoms. The van der Waals surface area contributed by atoms with E-state index in [1.165, 1.54) is 19.2 Å². The lowest BCUT2D eigenvalue weighted by Gasteiger charge is -2.39. The molecule has 34 heavy (non-hydrogen) atoms. The first-order valence-corrected chi connectivity index (χ1v) is 10.9. The van der Waals surface area contributed by atoms with E-state index >= 15 is 0 Å². The van der Waals surface area contributed by atoms with Crippen molar-refractivity contribution in [3.63, 3.8) is 0 Å². The van der Waals surface area contributed by atoms with Crippen molar-refractivity contribution in [2.24, 2.45) is 0 Å². The Morgan fingerprint density at radius 2 is 1.82 bits per heavy atom. The van der Waals surface area contributed by atoms with E-state index in [2.05, 4.69) is 5.32 Å². The van der Waals surface area contributed by atoms with Gasteiger partial charge in [0.05, 0.1) is 24.0 Å². The zero-order valence-electron chi connectivity index (χ0n) is 19.9. The van der Waals surface area contributed by atoms with Crippen LogP contribution in [0.5, 0.6) is 5.75 Å². The summed E-state index contributed by atoms with van der Waals surface area (Å²) in [5.41, 5.74) is 3.41. The molecule has 176 valence electrons. The van der Waals surface area contributed by atoms with Crippen molar-refractivity contribution >= 4 is 23.3 Å². The third-order valence-corrected chi connectivity index (χ3v) is 6.07. The fraction of sp³-hybridized carbons (Fsp3) is 0.259. The first kappa shape index (κ1) is 23.3. The van der Waals surface area contributed by atoms with E-state index < -0.39 is 17.3 Å². The van der Waals surface area contributed by atoms with E-state index in [4.69, 9.17) is 9.47 Å². The van der Waals surface area contributed by atoms with Crippen LogP contribution in [0.1, 0.15) is 35.3 Å². The van der Waals surface area contributed by atoms with Crippen LogP contribution >= 0.6 is 0 Å². The number of amides is 1. The van der Waals surface area contributed by atoms with Crippen LogP contribution in [-0.4, -0.2) is 31.6 Å². The van der Waals surface area contributed by atoms with Crippen LogP contribution in [0.25, 0.3) is 11.1 Å². The summed E-state index contributed by atoms with van der Waals surface area (Å²) in [6.45, 7) is 5.32. The molecule has 0 fully saturated rings. The summed E-state index contributed by atoms with van der Waals surface area (Å²) in [6, 6.07) is 15.1. The molecule has 0 spiro atoms. The van der Waals surface area contributed by atoms with E-state index in [-0.39, 0.29) is 12.5 Å². The van der Waals surface area contributed by atoms with Gasteiger partial charge in [-0.25, -0.2) is 9.18 Å². The maximum atomic E-state index is 14.2. The van der Waals surface area contributed by atoms with Crippen molar-refractivity contribution in [1.82, 2.24) is 0 Å². The maximum absolute atomic E-state index is 14.2. The third kappa shape index (κ3) is 4.09. The number of benzene rings is 3. The number of rotatable bonds is 5. The molecule has 0 saturated carbocycles. The molecule has 1 amide bonds. The number of fused-ring (bicyclic) bond motifs is 1. The average molecular weight is 463 g/mol. The standard InChI is InChI=1S/C27H27FN2O4/c1-16-8-6-7-9-18(16)25(31)34-15-21-19(20-14-17(28)10-13-23(20)33-5)11-12-22-24(21)30(4)26(32)27(2,3)29-22/h6-14,29H,15H2,1-5H3. The molecular weight excluding hydrogens is 435 g/mol. The normalized spacial score (nSPS) is 14.3. The van der Waals surface area contributed by atoms with Gasteiger partial charge in [0.25, 0.3) is 5.91 Å². The molecule has 1 aliphatic rings. The Kier molecular flexibility index (Phi) is 6.04. The summed E-state index contributed by atoms with van der Waals surface area (Å²) in [4.78, 5) is 27.5. The molecule has 0 unspecified atom stereocenters. The number of carbonyl (C=O) groups is 2. The lowest BCUT2D eigenvalue weighted by Crippen LogP contribution is -2.52. The minimum absolute atomic E-state index is 0.120. The molecular formula is C27H27FN2O4. The van der Waals surface area contributed by atoms with Gasteiger partial charge in [-0.15, -0.1) is 0 Å². The number of nitrogens with one attached hydrogen (secondary N) is 1. The second-order valence-corrected chi connectivity index (χ2v) is 8.84. The van der Waals surface area contributed by atoms with Gasteiger partial charge in [-0.1, -0.05) is 24.3 Å². The van der Waals surface area contributed by atoms with E-state index in [0.717, 1.165) is 5.56 Å². The van der Waals surface area contributed by atoms with E-state index in [1.807, 2.05) is 31.2 Å². The Morgan fingerprint density at radius 3 is 2.53 bits per heavy atom. The Hall–Kier alpha value is -3.87. The molecule has 3 aromatic carbocycles. The third-order valence-electron chi connectivity index (χ3n) is 6.07. The Bertz CT molecular complexity index is 1290. The van der Waals surface area contributed by atoms with Gasteiger partial charge >= 0.3 is 5.97 Å². The van der Waals surface area contributed by atoms with Gasteiger partial charge in [-0.3, -0.25) is 4.79 Å². The number of carbonyl (C=O) groups excluding carboxylic acids is 2. The number of ether oxygens (including phenoxy) is 2. The van der Waals surface area contributed by atoms with Gasteiger partial charge in [0.1, 0.15) is 23.7 Å². The molecule has 7 heteroatoms. The molecule has 0 atom stereocenters. The molecule has 1 heterocycles. The molecule has 0 aromatic heterocycles. The van der Waals surface area contributed by atoms with Crippen molar-refractivity contribution in [3.05, 3.63) is 77.1 Å². The van der Waals surface area contributed by atoms with Gasteiger partial charge < -0.3 is 19.7 Å². The highest BCUT2D eigenvalue weighted by Crippen LogP contribution is 2.44. The minimum atomic E-state index is -0.811. The van der Waals surface area contributed by atoms with Gasteiger partial charge in [-0.05, 0) is 62.2 Å². The second kappa shape index (κ2) is 8.82. The number of likely N-dealkylation sites (N-methyl/N-ethyl adjacent to an activating group) is 1. The number of nitrogens with zero attached hydrogens (tertiary/aromatic N) is 1. The first-order valence-electron chi connectivity index (χ1n) is 10.9. The number of methoxy groups -OCH3 is 1. The molecule has 3 aromatic rings. The molecule has 1 aliphatic heterocycles. The molecule has 0 radical (unpaired) electrons. The molecule has 1 N–H and O–H groups in total. The minimum Gasteiger partial charge on any atom is -0.496 e. The highest BCUT2D eigenvalue weighted by Gasteiger charge is 2.39. The van der Waals surface area contributed by atoms with E-state index in [9.17, 15) is 14.0 Å². The number of esters is 1. The van der Waals surface area contributed by atoms with Crippen LogP contribution in [-0.2, 0) is 16.1 Å². The van der Waals surface area contributed by atoms with Crippen LogP contribution in [0.2, 0.25) is 0 Å². The molecule has 0 saturated heterocycles. The van der Waals surface area contributed by atoms with E-state index in [1.54, 1.807) is 44.0 Å². The lowest BCUT2D eigenvalue weighted by atomic mass is 9.91. The van der Waals surface area contributed by atoms with Gasteiger partial charge in [0, 0.05) is 18.2 Å². The van der Waals surface area contributed by atoms with Crippen molar-refractivity contribution in [1.29, 1.82) is 0 Å². The SMILES string of the molecule is COc1ccc(F)cc1-c1ccc2c(c1COC(=O)c1ccccc1C)N(C)C(=O)C(C)(C)N2. The van der Waals surface area contributed by atoms with Gasteiger partial charge in [0.15, 0.2) is 0 Å². The average Bonchev–Trinajstić information content (AvgIpc) is 2.81. The zero-order valence-corrected chi connectivity index (χ0v) is 19.9. The lowest BCUT2D eigenvalue weighted by molar-refractivity contribution is -0.121. The molecule has 0 aliphatic carbocycles. The topological polar surface area (TPSA) is 67.9 Å². The number of anilines is 2. The zero-order chi connectivity index (χ0) is 24.6. The summed E-state index contributed by atoms with van der Waals surface area (Å²) in [5, 5.41) is 3.27. The van der Waals surface area contributed by atoms with Gasteiger partial charge in [-0.2, -0.15) is 0 Å². The maximum Gasteiger partial charge on any atom is 0.338 e. The van der Waals surface area contributed by atoms with Crippen molar-refractivity contribution in [3.8, 4) is 16.9 Å². The second-order valence-electron chi connectivity index (χ2n) is 8.84. The summed E-state index contributed by atoms with van der Waals surface area (Å²) in [7, 11) is 3.19. The van der Waals surface area contributed by atoms with Crippen LogP contribution in [0.15, 0.2) is 54.6 Å². The molecule has 4 rings (SSSR count). The van der Waals surface area contributed by atoms with E-state index in [0.29, 0.717) is 39.4 Å². The van der Waals surface area contributed by atoms with Crippen LogP contribution in [0.3, 0.4) is 0 Å². The Balaban J connectivity index is 1.85. The summed E-state index contributed by atoms with van der Waals surface area (Å²) in [5.74, 6) is -0.591. The highest BCUT2D eigenvalue weighted by atomic mass is 19.1. The monoisotopic (exact) mass is 462 g/mol. The number of halogens is 1. The Morgan fingerprint density at radius 1 is 1.09 bits per heavy atom. The quantitative estimate of drug-likeness (QED) is 0.519. The molecule has 6 nitrogen and oxygen atoms in total. The van der Waals surface area contributed by atoms with Gasteiger partial charge in [0.2, 0.25) is 0 Å². The summed E-state index contributed by atoms with van der Waals surface area (Å²) >= 11 is 0. The largest absolute Gasteiger partial charge is 0.496 e. The Labute approximate surface area is 198 Å². The van der Waals surface area contributed by atoms with Crippen LogP contribution in [0.4, 0.5) is 15.8 Å². The summed E-state index contributed by atoms with van der Waals surface area (Å²) < 4.78 is 25.4. The fourth-order valence-electron chi connectivity index (χ4n) is 4.34. The van der Waals surface area contributed by atoms with Crippen molar-refractivity contribution in [2.45, 2.75) is 32.9 Å². The van der Waals surface area contributed by atoms with Crippen LogP contribution in [0, 0.1) is 12.7 Å². The number of aryl methyl sites for hydroxylation is 1. The van der Waals surface area contributed by atoms with Crippen molar-refractivity contribution in [2.75, 3.05) is 24.4 Å².